The van der Waals surface area contributed by atoms with Crippen LogP contribution in [0, 0.1) is 5.92 Å². The third-order valence-electron chi connectivity index (χ3n) is 3.09. The van der Waals surface area contributed by atoms with Crippen molar-refractivity contribution in [2.75, 3.05) is 13.2 Å². The van der Waals surface area contributed by atoms with Crippen molar-refractivity contribution in [2.45, 2.75) is 53.6 Å². The Bertz CT molecular complexity index is 457. The van der Waals surface area contributed by atoms with Crippen LogP contribution in [0.5, 0.6) is 5.75 Å². The topological polar surface area (TPSA) is 56.8 Å². The molecule has 0 radical (unpaired) electrons. The van der Waals surface area contributed by atoms with Crippen LogP contribution in [-0.2, 0) is 20.9 Å². The summed E-state index contributed by atoms with van der Waals surface area (Å²) in [7, 11) is 0. The van der Waals surface area contributed by atoms with Gasteiger partial charge in [-0.25, -0.2) is 0 Å². The molecule has 0 saturated heterocycles. The molecular formula is C18H29NO4. The highest BCUT2D eigenvalue weighted by Crippen LogP contribution is 2.15. The Balaban J connectivity index is 2.31. The van der Waals surface area contributed by atoms with E-state index in [0.717, 1.165) is 17.9 Å². The summed E-state index contributed by atoms with van der Waals surface area (Å²) in [4.78, 5) is 11.4. The van der Waals surface area contributed by atoms with E-state index in [-0.39, 0.29) is 24.8 Å². The number of esters is 1. The summed E-state index contributed by atoms with van der Waals surface area (Å²) in [6.07, 6.45) is -0.311. The zero-order chi connectivity index (χ0) is 17.2. The van der Waals surface area contributed by atoms with Gasteiger partial charge in [0, 0.05) is 12.6 Å². The lowest BCUT2D eigenvalue weighted by Crippen LogP contribution is -2.29. The number of ether oxygens (including phenoxy) is 3. The van der Waals surface area contributed by atoms with Gasteiger partial charge in [0.15, 0.2) is 6.29 Å². The summed E-state index contributed by atoms with van der Waals surface area (Å²) in [5.41, 5.74) is 0.932. The molecule has 0 heterocycles. The monoisotopic (exact) mass is 323 g/mol. The van der Waals surface area contributed by atoms with Crippen LogP contribution in [0.15, 0.2) is 24.3 Å². The molecular weight excluding hydrogens is 294 g/mol. The summed E-state index contributed by atoms with van der Waals surface area (Å²) < 4.78 is 16.4. The van der Waals surface area contributed by atoms with Crippen LogP contribution in [0.2, 0.25) is 0 Å². The minimum atomic E-state index is -0.311. The van der Waals surface area contributed by atoms with Crippen molar-refractivity contribution in [1.82, 2.24) is 5.32 Å². The second-order valence-corrected chi connectivity index (χ2v) is 6.07. The number of hydrogen-bond donors (Lipinski definition) is 1. The van der Waals surface area contributed by atoms with Gasteiger partial charge in [0.25, 0.3) is 0 Å². The molecule has 1 unspecified atom stereocenters. The largest absolute Gasteiger partial charge is 0.465 e. The number of carbonyl (C=O) groups excluding carboxylic acids is 1. The Morgan fingerprint density at radius 1 is 1.09 bits per heavy atom. The first-order chi connectivity index (χ1) is 10.9. The molecule has 1 atom stereocenters. The van der Waals surface area contributed by atoms with Crippen molar-refractivity contribution in [3.8, 4) is 5.75 Å². The summed E-state index contributed by atoms with van der Waals surface area (Å²) >= 11 is 0. The van der Waals surface area contributed by atoms with Crippen LogP contribution in [-0.4, -0.2) is 31.5 Å². The lowest BCUT2D eigenvalue weighted by atomic mass is 10.2. The van der Waals surface area contributed by atoms with E-state index in [1.54, 1.807) is 0 Å². The van der Waals surface area contributed by atoms with Gasteiger partial charge in [-0.3, -0.25) is 4.79 Å². The molecule has 0 saturated carbocycles. The Hall–Kier alpha value is -1.59. The lowest BCUT2D eigenvalue weighted by Gasteiger charge is -2.16. The molecule has 1 aromatic carbocycles. The molecule has 0 aromatic heterocycles. The average molecular weight is 323 g/mol. The molecule has 1 aromatic rings. The van der Waals surface area contributed by atoms with E-state index in [2.05, 4.69) is 19.2 Å². The lowest BCUT2D eigenvalue weighted by molar-refractivity contribution is -0.148. The van der Waals surface area contributed by atoms with Crippen molar-refractivity contribution < 1.29 is 19.0 Å². The molecule has 0 aliphatic heterocycles. The highest BCUT2D eigenvalue weighted by Gasteiger charge is 2.09. The van der Waals surface area contributed by atoms with Gasteiger partial charge >= 0.3 is 5.97 Å². The summed E-state index contributed by atoms with van der Waals surface area (Å²) in [5, 5.41) is 3.28. The molecule has 0 aliphatic carbocycles. The van der Waals surface area contributed by atoms with E-state index in [1.165, 1.54) is 0 Å². The predicted molar refractivity (Wildman–Crippen MR) is 90.3 cm³/mol. The number of hydrogen-bond acceptors (Lipinski definition) is 5. The fraction of sp³-hybridized carbons (Fsp3) is 0.611. The molecule has 0 fully saturated rings. The zero-order valence-corrected chi connectivity index (χ0v) is 14.8. The molecule has 0 amide bonds. The Labute approximate surface area is 139 Å². The standard InChI is InChI=1S/C18H29NO4/c1-13(2)18(20)22-12-16-6-8-17(9-7-16)23-15(5)21-11-10-19-14(3)4/h6-9,13-15,19H,10-12H2,1-5H3. The van der Waals surface area contributed by atoms with Crippen LogP contribution >= 0.6 is 0 Å². The Morgan fingerprint density at radius 3 is 2.30 bits per heavy atom. The highest BCUT2D eigenvalue weighted by atomic mass is 16.7. The smallest absolute Gasteiger partial charge is 0.308 e. The molecule has 0 spiro atoms. The fourth-order valence-corrected chi connectivity index (χ4v) is 1.78. The van der Waals surface area contributed by atoms with Crippen molar-refractivity contribution in [3.63, 3.8) is 0 Å². The van der Waals surface area contributed by atoms with Gasteiger partial charge in [0.2, 0.25) is 0 Å². The normalized spacial score (nSPS) is 12.5. The van der Waals surface area contributed by atoms with E-state index in [1.807, 2.05) is 45.0 Å². The van der Waals surface area contributed by atoms with Gasteiger partial charge in [0.05, 0.1) is 12.5 Å². The summed E-state index contributed by atoms with van der Waals surface area (Å²) in [6, 6.07) is 7.92. The molecule has 5 heteroatoms. The SMILES string of the molecule is CC(C)NCCOC(C)Oc1ccc(COC(=O)C(C)C)cc1. The van der Waals surface area contributed by atoms with Gasteiger partial charge in [-0.05, 0) is 24.6 Å². The first kappa shape index (κ1) is 19.5. The maximum atomic E-state index is 11.4. The number of rotatable bonds is 10. The second-order valence-electron chi connectivity index (χ2n) is 6.07. The number of benzene rings is 1. The Morgan fingerprint density at radius 2 is 1.74 bits per heavy atom. The minimum Gasteiger partial charge on any atom is -0.465 e. The quantitative estimate of drug-likeness (QED) is 0.407. The van der Waals surface area contributed by atoms with E-state index >= 15 is 0 Å². The van der Waals surface area contributed by atoms with Gasteiger partial charge in [0.1, 0.15) is 12.4 Å². The van der Waals surface area contributed by atoms with Gasteiger partial charge in [-0.2, -0.15) is 0 Å². The highest BCUT2D eigenvalue weighted by molar-refractivity contribution is 5.71. The van der Waals surface area contributed by atoms with Crippen LogP contribution in [0.3, 0.4) is 0 Å². The molecule has 0 bridgehead atoms. The third-order valence-corrected chi connectivity index (χ3v) is 3.09. The average Bonchev–Trinajstić information content (AvgIpc) is 2.50. The molecule has 1 rings (SSSR count). The van der Waals surface area contributed by atoms with Gasteiger partial charge < -0.3 is 19.5 Å². The number of carbonyl (C=O) groups is 1. The van der Waals surface area contributed by atoms with Crippen molar-refractivity contribution >= 4 is 5.97 Å². The fourth-order valence-electron chi connectivity index (χ4n) is 1.78. The summed E-state index contributed by atoms with van der Waals surface area (Å²) in [6.45, 7) is 11.4. The van der Waals surface area contributed by atoms with E-state index < -0.39 is 0 Å². The number of nitrogens with one attached hydrogen (secondary N) is 1. The predicted octanol–water partition coefficient (Wildman–Crippen LogP) is 3.13. The van der Waals surface area contributed by atoms with Crippen molar-refractivity contribution in [3.05, 3.63) is 29.8 Å². The molecule has 1 N–H and O–H groups in total. The maximum Gasteiger partial charge on any atom is 0.308 e. The van der Waals surface area contributed by atoms with Crippen LogP contribution < -0.4 is 10.1 Å². The van der Waals surface area contributed by atoms with Crippen LogP contribution in [0.25, 0.3) is 0 Å². The van der Waals surface area contributed by atoms with Gasteiger partial charge in [-0.1, -0.05) is 39.8 Å². The van der Waals surface area contributed by atoms with E-state index in [4.69, 9.17) is 14.2 Å². The molecule has 0 aliphatic rings. The molecule has 130 valence electrons. The second kappa shape index (κ2) is 10.2. The Kier molecular flexibility index (Phi) is 8.66. The summed E-state index contributed by atoms with van der Waals surface area (Å²) in [5.74, 6) is 0.427. The molecule has 5 nitrogen and oxygen atoms in total. The minimum absolute atomic E-state index is 0.110. The van der Waals surface area contributed by atoms with Crippen molar-refractivity contribution in [2.24, 2.45) is 5.92 Å². The van der Waals surface area contributed by atoms with Crippen molar-refractivity contribution in [1.29, 1.82) is 0 Å². The first-order valence-corrected chi connectivity index (χ1v) is 8.15. The first-order valence-electron chi connectivity index (χ1n) is 8.15. The van der Waals surface area contributed by atoms with Gasteiger partial charge in [-0.15, -0.1) is 0 Å². The zero-order valence-electron chi connectivity index (χ0n) is 14.8. The third kappa shape index (κ3) is 8.57. The molecule has 23 heavy (non-hydrogen) atoms. The van der Waals surface area contributed by atoms with E-state index in [9.17, 15) is 4.79 Å². The maximum absolute atomic E-state index is 11.4. The van der Waals surface area contributed by atoms with E-state index in [0.29, 0.717) is 12.6 Å². The van der Waals surface area contributed by atoms with Crippen LogP contribution in [0.4, 0.5) is 0 Å². The van der Waals surface area contributed by atoms with Crippen LogP contribution in [0.1, 0.15) is 40.2 Å².